The lowest BCUT2D eigenvalue weighted by Crippen LogP contribution is -2.35. The van der Waals surface area contributed by atoms with Crippen LogP contribution in [0.25, 0.3) is 0 Å². The lowest BCUT2D eigenvalue weighted by Gasteiger charge is -2.25. The number of rotatable bonds is 6. The van der Waals surface area contributed by atoms with E-state index in [1.54, 1.807) is 42.5 Å². The maximum Gasteiger partial charge on any atom is 0.243 e. The molecule has 2 aromatic carbocycles. The van der Waals surface area contributed by atoms with Gasteiger partial charge in [-0.15, -0.1) is 0 Å². The van der Waals surface area contributed by atoms with E-state index in [2.05, 4.69) is 5.32 Å². The molecule has 0 radical (unpaired) electrons. The van der Waals surface area contributed by atoms with Crippen LogP contribution < -0.4 is 5.32 Å². The van der Waals surface area contributed by atoms with Crippen molar-refractivity contribution in [3.05, 3.63) is 65.5 Å². The van der Waals surface area contributed by atoms with Gasteiger partial charge in [0.1, 0.15) is 5.82 Å². The van der Waals surface area contributed by atoms with Gasteiger partial charge >= 0.3 is 0 Å². The normalized spacial score (nSPS) is 15.4. The third-order valence-electron chi connectivity index (χ3n) is 4.67. The van der Waals surface area contributed by atoms with E-state index in [0.29, 0.717) is 24.2 Å². The Kier molecular flexibility index (Phi) is 6.23. The molecule has 1 saturated heterocycles. The second-order valence-electron chi connectivity index (χ2n) is 6.65. The van der Waals surface area contributed by atoms with Crippen molar-refractivity contribution in [1.29, 1.82) is 0 Å². The predicted octanol–water partition coefficient (Wildman–Crippen LogP) is 2.86. The first-order valence-corrected chi connectivity index (χ1v) is 10.5. The summed E-state index contributed by atoms with van der Waals surface area (Å²) in [6.45, 7) is 1.23. The standard InChI is InChI=1S/C20H23FN2O3S/c21-19-7-3-2-6-17(19)15-22-20(24)14-16-8-10-18(11-9-16)27(25,26)23-12-4-1-5-13-23/h2-3,6-11H,1,4-5,12-15H2,(H,22,24). The summed E-state index contributed by atoms with van der Waals surface area (Å²) < 4.78 is 40.3. The highest BCUT2D eigenvalue weighted by atomic mass is 32.2. The first-order valence-electron chi connectivity index (χ1n) is 9.06. The Hall–Kier alpha value is -2.25. The number of hydrogen-bond acceptors (Lipinski definition) is 3. The molecule has 0 aromatic heterocycles. The quantitative estimate of drug-likeness (QED) is 0.825. The lowest BCUT2D eigenvalue weighted by atomic mass is 10.1. The maximum atomic E-state index is 13.6. The van der Waals surface area contributed by atoms with Gasteiger partial charge in [0.05, 0.1) is 11.3 Å². The van der Waals surface area contributed by atoms with Crippen LogP contribution >= 0.6 is 0 Å². The molecule has 0 bridgehead atoms. The van der Waals surface area contributed by atoms with Gasteiger partial charge < -0.3 is 5.32 Å². The van der Waals surface area contributed by atoms with Crippen LogP contribution in [0.4, 0.5) is 4.39 Å². The number of hydrogen-bond donors (Lipinski definition) is 1. The first-order chi connectivity index (χ1) is 13.0. The second kappa shape index (κ2) is 8.63. The zero-order valence-corrected chi connectivity index (χ0v) is 15.8. The Morgan fingerprint density at radius 3 is 2.33 bits per heavy atom. The highest BCUT2D eigenvalue weighted by molar-refractivity contribution is 7.89. The monoisotopic (exact) mass is 390 g/mol. The summed E-state index contributed by atoms with van der Waals surface area (Å²) >= 11 is 0. The van der Waals surface area contributed by atoms with E-state index < -0.39 is 10.0 Å². The molecule has 0 saturated carbocycles. The molecule has 1 fully saturated rings. The summed E-state index contributed by atoms with van der Waals surface area (Å²) in [5.74, 6) is -0.602. The molecule has 0 spiro atoms. The lowest BCUT2D eigenvalue weighted by molar-refractivity contribution is -0.120. The number of carbonyl (C=O) groups is 1. The number of amides is 1. The van der Waals surface area contributed by atoms with Gasteiger partial charge in [-0.3, -0.25) is 4.79 Å². The number of carbonyl (C=O) groups excluding carboxylic acids is 1. The van der Waals surface area contributed by atoms with Crippen molar-refractivity contribution in [2.75, 3.05) is 13.1 Å². The highest BCUT2D eigenvalue weighted by Crippen LogP contribution is 2.21. The average molecular weight is 390 g/mol. The fourth-order valence-electron chi connectivity index (χ4n) is 3.12. The summed E-state index contributed by atoms with van der Waals surface area (Å²) in [7, 11) is -3.47. The van der Waals surface area contributed by atoms with E-state index in [9.17, 15) is 17.6 Å². The number of nitrogens with one attached hydrogen (secondary N) is 1. The van der Waals surface area contributed by atoms with Crippen molar-refractivity contribution >= 4 is 15.9 Å². The molecule has 3 rings (SSSR count). The molecule has 0 atom stereocenters. The molecule has 2 aromatic rings. The van der Waals surface area contributed by atoms with Crippen molar-refractivity contribution in [1.82, 2.24) is 9.62 Å². The minimum atomic E-state index is -3.47. The number of piperidine rings is 1. The van der Waals surface area contributed by atoms with Crippen LogP contribution in [0.15, 0.2) is 53.4 Å². The Balaban J connectivity index is 1.58. The van der Waals surface area contributed by atoms with E-state index in [1.165, 1.54) is 10.4 Å². The summed E-state index contributed by atoms with van der Waals surface area (Å²) in [6.07, 6.45) is 2.95. The molecule has 0 unspecified atom stereocenters. The Labute approximate surface area is 159 Å². The molecule has 27 heavy (non-hydrogen) atoms. The third-order valence-corrected chi connectivity index (χ3v) is 6.59. The van der Waals surface area contributed by atoms with Crippen LogP contribution in [0, 0.1) is 5.82 Å². The van der Waals surface area contributed by atoms with Crippen molar-refractivity contribution in [2.45, 2.75) is 37.1 Å². The molecule has 0 aliphatic carbocycles. The van der Waals surface area contributed by atoms with E-state index in [4.69, 9.17) is 0 Å². The van der Waals surface area contributed by atoms with Crippen LogP contribution in [-0.4, -0.2) is 31.7 Å². The highest BCUT2D eigenvalue weighted by Gasteiger charge is 2.25. The molecule has 144 valence electrons. The zero-order chi connectivity index (χ0) is 19.3. The molecule has 1 N–H and O–H groups in total. The Morgan fingerprint density at radius 1 is 1.00 bits per heavy atom. The van der Waals surface area contributed by atoms with Crippen molar-refractivity contribution < 1.29 is 17.6 Å². The van der Waals surface area contributed by atoms with Crippen molar-refractivity contribution in [3.63, 3.8) is 0 Å². The number of benzene rings is 2. The first kappa shape index (κ1) is 19.5. The van der Waals surface area contributed by atoms with Crippen LogP contribution in [0.1, 0.15) is 30.4 Å². The summed E-state index contributed by atoms with van der Waals surface area (Å²) in [4.78, 5) is 12.3. The number of sulfonamides is 1. The van der Waals surface area contributed by atoms with Gasteiger partial charge in [0.2, 0.25) is 15.9 Å². The fourth-order valence-corrected chi connectivity index (χ4v) is 4.63. The van der Waals surface area contributed by atoms with Gasteiger partial charge in [-0.05, 0) is 36.6 Å². The fraction of sp³-hybridized carbons (Fsp3) is 0.350. The largest absolute Gasteiger partial charge is 0.352 e. The second-order valence-corrected chi connectivity index (χ2v) is 8.59. The van der Waals surface area contributed by atoms with Crippen LogP contribution in [0.5, 0.6) is 0 Å². The summed E-state index contributed by atoms with van der Waals surface area (Å²) in [5.41, 5.74) is 1.13. The van der Waals surface area contributed by atoms with Crippen LogP contribution in [0.2, 0.25) is 0 Å². The molecule has 1 aliphatic rings. The molecule has 1 aliphatic heterocycles. The van der Waals surface area contributed by atoms with Gasteiger partial charge in [-0.25, -0.2) is 12.8 Å². The average Bonchev–Trinajstić information content (AvgIpc) is 2.68. The molecule has 7 heteroatoms. The Bertz CT molecular complexity index is 892. The third kappa shape index (κ3) is 4.93. The van der Waals surface area contributed by atoms with Crippen LogP contribution in [-0.2, 0) is 27.8 Å². The van der Waals surface area contributed by atoms with Crippen molar-refractivity contribution in [2.24, 2.45) is 0 Å². The molecule has 1 heterocycles. The predicted molar refractivity (Wildman–Crippen MR) is 101 cm³/mol. The molecule has 5 nitrogen and oxygen atoms in total. The van der Waals surface area contributed by atoms with Gasteiger partial charge in [-0.1, -0.05) is 36.8 Å². The minimum absolute atomic E-state index is 0.110. The molecule has 1 amide bonds. The number of nitrogens with zero attached hydrogens (tertiary/aromatic N) is 1. The number of halogens is 1. The smallest absolute Gasteiger partial charge is 0.243 e. The van der Waals surface area contributed by atoms with Gasteiger partial charge in [0.25, 0.3) is 0 Å². The Morgan fingerprint density at radius 2 is 1.67 bits per heavy atom. The topological polar surface area (TPSA) is 66.5 Å². The van der Waals surface area contributed by atoms with E-state index in [-0.39, 0.29) is 29.6 Å². The van der Waals surface area contributed by atoms with Gasteiger partial charge in [0.15, 0.2) is 0 Å². The van der Waals surface area contributed by atoms with Gasteiger partial charge in [0, 0.05) is 25.2 Å². The minimum Gasteiger partial charge on any atom is -0.352 e. The van der Waals surface area contributed by atoms with Gasteiger partial charge in [-0.2, -0.15) is 4.31 Å². The summed E-state index contributed by atoms with van der Waals surface area (Å²) in [5, 5.41) is 2.68. The van der Waals surface area contributed by atoms with Crippen molar-refractivity contribution in [3.8, 4) is 0 Å². The molecular formula is C20H23FN2O3S. The molecular weight excluding hydrogens is 367 g/mol. The zero-order valence-electron chi connectivity index (χ0n) is 15.0. The van der Waals surface area contributed by atoms with E-state index in [1.807, 2.05) is 0 Å². The SMILES string of the molecule is O=C(Cc1ccc(S(=O)(=O)N2CCCCC2)cc1)NCc1ccccc1F. The van der Waals surface area contributed by atoms with E-state index >= 15 is 0 Å². The maximum absolute atomic E-state index is 13.6. The summed E-state index contributed by atoms with van der Waals surface area (Å²) in [6, 6.07) is 12.7. The van der Waals surface area contributed by atoms with Crippen LogP contribution in [0.3, 0.4) is 0 Å². The van der Waals surface area contributed by atoms with E-state index in [0.717, 1.165) is 19.3 Å².